The van der Waals surface area contributed by atoms with Gasteiger partial charge in [-0.25, -0.2) is 18.2 Å². The highest BCUT2D eigenvalue weighted by Gasteiger charge is 2.31. The molecule has 1 aliphatic heterocycles. The molecule has 22 heavy (non-hydrogen) atoms. The van der Waals surface area contributed by atoms with Crippen LogP contribution in [0.4, 0.5) is 16.3 Å². The number of rotatable bonds is 4. The van der Waals surface area contributed by atoms with Gasteiger partial charge in [0.05, 0.1) is 23.4 Å². The van der Waals surface area contributed by atoms with Gasteiger partial charge in [0.1, 0.15) is 5.82 Å². The Labute approximate surface area is 130 Å². The summed E-state index contributed by atoms with van der Waals surface area (Å²) in [6.07, 6.45) is 4.30. The van der Waals surface area contributed by atoms with E-state index >= 15 is 0 Å². The van der Waals surface area contributed by atoms with Gasteiger partial charge in [-0.2, -0.15) is 0 Å². The highest BCUT2D eigenvalue weighted by molar-refractivity contribution is 7.91. The lowest BCUT2D eigenvalue weighted by atomic mass is 10.2. The molecule has 120 valence electrons. The first kappa shape index (κ1) is 15.1. The zero-order valence-electron chi connectivity index (χ0n) is 12.4. The van der Waals surface area contributed by atoms with E-state index in [4.69, 9.17) is 0 Å². The molecule has 1 saturated carbocycles. The van der Waals surface area contributed by atoms with Crippen molar-refractivity contribution in [1.29, 1.82) is 0 Å². The molecule has 3 rings (SSSR count). The summed E-state index contributed by atoms with van der Waals surface area (Å²) >= 11 is 0. The van der Waals surface area contributed by atoms with Gasteiger partial charge in [0.25, 0.3) is 0 Å². The van der Waals surface area contributed by atoms with Crippen molar-refractivity contribution >= 4 is 27.4 Å². The number of hydrogen-bond acceptors (Lipinski definition) is 5. The van der Waals surface area contributed by atoms with Crippen molar-refractivity contribution in [3.63, 3.8) is 0 Å². The van der Waals surface area contributed by atoms with Crippen LogP contribution in [-0.2, 0) is 9.84 Å². The van der Waals surface area contributed by atoms with Crippen LogP contribution in [0.2, 0.25) is 0 Å². The lowest BCUT2D eigenvalue weighted by molar-refractivity contribution is 0.251. The number of pyridine rings is 1. The first-order valence-electron chi connectivity index (χ1n) is 7.40. The van der Waals surface area contributed by atoms with E-state index in [1.165, 1.54) is 0 Å². The van der Waals surface area contributed by atoms with Crippen LogP contribution in [-0.4, -0.2) is 50.1 Å². The van der Waals surface area contributed by atoms with Gasteiger partial charge in [-0.05, 0) is 31.4 Å². The number of carbonyl (C=O) groups excluding carboxylic acids is 1. The number of anilines is 2. The molecular weight excluding hydrogens is 304 g/mol. The Morgan fingerprint density at radius 2 is 2.09 bits per heavy atom. The van der Waals surface area contributed by atoms with Crippen molar-refractivity contribution in [2.24, 2.45) is 0 Å². The van der Waals surface area contributed by atoms with Crippen LogP contribution >= 0.6 is 0 Å². The zero-order chi connectivity index (χ0) is 15.7. The smallest absolute Gasteiger partial charge is 0.319 e. The van der Waals surface area contributed by atoms with Crippen molar-refractivity contribution in [3.05, 3.63) is 18.3 Å². The van der Waals surface area contributed by atoms with E-state index in [9.17, 15) is 13.2 Å². The summed E-state index contributed by atoms with van der Waals surface area (Å²) in [5.74, 6) is 1.12. The summed E-state index contributed by atoms with van der Waals surface area (Å²) < 4.78 is 23.1. The Morgan fingerprint density at radius 1 is 1.32 bits per heavy atom. The van der Waals surface area contributed by atoms with E-state index < -0.39 is 9.84 Å². The summed E-state index contributed by atoms with van der Waals surface area (Å²) in [7, 11) is -1.06. The molecule has 2 fully saturated rings. The Morgan fingerprint density at radius 3 is 2.64 bits per heavy atom. The molecule has 1 aromatic heterocycles. The quantitative estimate of drug-likeness (QED) is 0.862. The summed E-state index contributed by atoms with van der Waals surface area (Å²) in [6.45, 7) is 0. The van der Waals surface area contributed by atoms with Gasteiger partial charge in [0.15, 0.2) is 9.84 Å². The van der Waals surface area contributed by atoms with E-state index in [0.29, 0.717) is 24.0 Å². The third-order valence-corrected chi connectivity index (χ3v) is 5.79. The fourth-order valence-corrected chi connectivity index (χ4v) is 4.29. The normalized spacial score (nSPS) is 23.0. The van der Waals surface area contributed by atoms with Gasteiger partial charge in [-0.3, -0.25) is 0 Å². The molecule has 1 saturated heterocycles. The van der Waals surface area contributed by atoms with E-state index in [1.807, 2.05) is 11.9 Å². The van der Waals surface area contributed by atoms with Crippen molar-refractivity contribution in [2.45, 2.75) is 31.3 Å². The monoisotopic (exact) mass is 324 g/mol. The molecule has 2 N–H and O–H groups in total. The third kappa shape index (κ3) is 3.68. The van der Waals surface area contributed by atoms with Crippen molar-refractivity contribution in [2.75, 3.05) is 28.8 Å². The predicted molar refractivity (Wildman–Crippen MR) is 84.9 cm³/mol. The minimum Gasteiger partial charge on any atom is -0.356 e. The largest absolute Gasteiger partial charge is 0.356 e. The topological polar surface area (TPSA) is 91.4 Å². The number of hydrogen-bond donors (Lipinski definition) is 2. The SMILES string of the molecule is CN(c1ccc(NC(=O)NC2CC2)cn1)C1CCS(=O)(=O)C1. The molecule has 7 nitrogen and oxygen atoms in total. The van der Waals surface area contributed by atoms with Gasteiger partial charge < -0.3 is 15.5 Å². The van der Waals surface area contributed by atoms with Crippen molar-refractivity contribution < 1.29 is 13.2 Å². The lowest BCUT2D eigenvalue weighted by Crippen LogP contribution is -2.33. The van der Waals surface area contributed by atoms with Crippen molar-refractivity contribution in [1.82, 2.24) is 10.3 Å². The Kier molecular flexibility index (Phi) is 3.94. The average Bonchev–Trinajstić information content (AvgIpc) is 3.20. The zero-order valence-corrected chi connectivity index (χ0v) is 13.3. The minimum absolute atomic E-state index is 0.0329. The molecule has 1 aromatic rings. The molecule has 2 amide bonds. The van der Waals surface area contributed by atoms with Crippen LogP contribution in [0.15, 0.2) is 18.3 Å². The number of urea groups is 1. The maximum absolute atomic E-state index is 11.6. The molecule has 0 bridgehead atoms. The molecule has 1 unspecified atom stereocenters. The molecule has 8 heteroatoms. The Bertz CT molecular complexity index is 655. The second-order valence-corrected chi connectivity index (χ2v) is 8.17. The molecule has 2 heterocycles. The summed E-state index contributed by atoms with van der Waals surface area (Å²) in [4.78, 5) is 17.8. The number of amides is 2. The van der Waals surface area contributed by atoms with E-state index in [0.717, 1.165) is 12.8 Å². The molecule has 1 atom stereocenters. The average molecular weight is 324 g/mol. The first-order valence-corrected chi connectivity index (χ1v) is 9.22. The predicted octanol–water partition coefficient (Wildman–Crippen LogP) is 0.989. The molecule has 0 spiro atoms. The maximum atomic E-state index is 11.6. The van der Waals surface area contributed by atoms with E-state index in [2.05, 4.69) is 15.6 Å². The molecule has 0 aromatic carbocycles. The fraction of sp³-hybridized carbons (Fsp3) is 0.571. The van der Waals surface area contributed by atoms with Crippen LogP contribution in [0.25, 0.3) is 0 Å². The van der Waals surface area contributed by atoms with Crippen LogP contribution in [0, 0.1) is 0 Å². The summed E-state index contributed by atoms with van der Waals surface area (Å²) in [5, 5.41) is 5.57. The summed E-state index contributed by atoms with van der Waals surface area (Å²) in [5.41, 5.74) is 0.620. The number of aromatic nitrogens is 1. The Balaban J connectivity index is 1.59. The van der Waals surface area contributed by atoms with E-state index in [1.54, 1.807) is 18.3 Å². The van der Waals surface area contributed by atoms with Crippen LogP contribution < -0.4 is 15.5 Å². The highest BCUT2D eigenvalue weighted by atomic mass is 32.2. The number of sulfone groups is 1. The second-order valence-electron chi connectivity index (χ2n) is 5.95. The van der Waals surface area contributed by atoms with Gasteiger partial charge in [-0.15, -0.1) is 0 Å². The number of carbonyl (C=O) groups is 1. The number of nitrogens with one attached hydrogen (secondary N) is 2. The van der Waals surface area contributed by atoms with E-state index in [-0.39, 0.29) is 23.6 Å². The molecule has 1 aliphatic carbocycles. The van der Waals surface area contributed by atoms with Gasteiger partial charge in [-0.1, -0.05) is 0 Å². The van der Waals surface area contributed by atoms with Crippen LogP contribution in [0.1, 0.15) is 19.3 Å². The lowest BCUT2D eigenvalue weighted by Gasteiger charge is -2.24. The molecular formula is C14H20N4O3S. The summed E-state index contributed by atoms with van der Waals surface area (Å²) in [6, 6.07) is 3.62. The molecule has 0 radical (unpaired) electrons. The van der Waals surface area contributed by atoms with Gasteiger partial charge >= 0.3 is 6.03 Å². The van der Waals surface area contributed by atoms with Gasteiger partial charge in [0, 0.05) is 19.1 Å². The fourth-order valence-electron chi connectivity index (χ4n) is 2.52. The Hall–Kier alpha value is -1.83. The molecule has 2 aliphatic rings. The van der Waals surface area contributed by atoms with Crippen molar-refractivity contribution in [3.8, 4) is 0 Å². The van der Waals surface area contributed by atoms with Gasteiger partial charge in [0.2, 0.25) is 0 Å². The first-order chi connectivity index (χ1) is 10.4. The van der Waals surface area contributed by atoms with Crippen LogP contribution in [0.5, 0.6) is 0 Å². The standard InChI is InChI=1S/C14H20N4O3S/c1-18(12-6-7-22(20,21)9-12)13-5-4-11(8-15-13)17-14(19)16-10-2-3-10/h4-5,8,10,12H,2-3,6-7,9H2,1H3,(H2,16,17,19). The number of nitrogens with zero attached hydrogens (tertiary/aromatic N) is 2. The third-order valence-electron chi connectivity index (χ3n) is 4.04. The second kappa shape index (κ2) is 5.75. The maximum Gasteiger partial charge on any atom is 0.319 e. The minimum atomic E-state index is -2.91. The highest BCUT2D eigenvalue weighted by Crippen LogP contribution is 2.22. The van der Waals surface area contributed by atoms with Crippen LogP contribution in [0.3, 0.4) is 0 Å².